The smallest absolute Gasteiger partial charge is 0.242 e. The molecule has 39 heavy (non-hydrogen) atoms. The van der Waals surface area contributed by atoms with Crippen molar-refractivity contribution in [3.63, 3.8) is 0 Å². The molecule has 1 aromatic carbocycles. The van der Waals surface area contributed by atoms with Crippen molar-refractivity contribution in [2.45, 2.75) is 90.1 Å². The van der Waals surface area contributed by atoms with Gasteiger partial charge in [0.25, 0.3) is 0 Å². The fraction of sp³-hybridized carbons (Fsp3) is 0.758. The summed E-state index contributed by atoms with van der Waals surface area (Å²) in [5.74, 6) is 1.85. The number of ether oxygens (including phenoxy) is 1. The van der Waals surface area contributed by atoms with E-state index in [1.165, 1.54) is 24.8 Å². The SMILES string of the molecule is CCC(C)C1(c2ccccc2)CCC2(CC1)CN(CC(=O)N1CCOC(CO)C1)C(=O)C(C)C2CC1CCC1. The van der Waals surface area contributed by atoms with Crippen LogP contribution in [-0.4, -0.2) is 72.2 Å². The maximum absolute atomic E-state index is 13.8. The largest absolute Gasteiger partial charge is 0.394 e. The molecular weight excluding hydrogens is 488 g/mol. The van der Waals surface area contributed by atoms with Crippen LogP contribution < -0.4 is 0 Å². The summed E-state index contributed by atoms with van der Waals surface area (Å²) in [5, 5.41) is 9.53. The van der Waals surface area contributed by atoms with Crippen LogP contribution in [0.4, 0.5) is 0 Å². The Bertz CT molecular complexity index is 985. The molecule has 2 aliphatic heterocycles. The average molecular weight is 539 g/mol. The molecule has 0 aromatic heterocycles. The second kappa shape index (κ2) is 11.9. The van der Waals surface area contributed by atoms with Crippen LogP contribution in [0.25, 0.3) is 0 Å². The summed E-state index contributed by atoms with van der Waals surface area (Å²) in [6, 6.07) is 11.1. The number of likely N-dealkylation sites (tertiary alicyclic amines) is 1. The van der Waals surface area contributed by atoms with Crippen LogP contribution in [0.3, 0.4) is 0 Å². The minimum absolute atomic E-state index is 0.0149. The Morgan fingerprint density at radius 2 is 1.87 bits per heavy atom. The van der Waals surface area contributed by atoms with Crippen LogP contribution in [0.1, 0.15) is 84.1 Å². The number of rotatable bonds is 8. The predicted molar refractivity (Wildman–Crippen MR) is 153 cm³/mol. The third kappa shape index (κ3) is 5.53. The molecule has 1 N–H and O–H groups in total. The Morgan fingerprint density at radius 3 is 2.49 bits per heavy atom. The summed E-state index contributed by atoms with van der Waals surface area (Å²) in [6.45, 7) is 9.02. The highest BCUT2D eigenvalue weighted by Crippen LogP contribution is 2.58. The van der Waals surface area contributed by atoms with Gasteiger partial charge in [-0.1, -0.05) is 76.8 Å². The van der Waals surface area contributed by atoms with Crippen molar-refractivity contribution in [2.24, 2.45) is 29.1 Å². The lowest BCUT2D eigenvalue weighted by Gasteiger charge is -2.58. The molecule has 4 aliphatic rings. The second-order valence-electron chi connectivity index (χ2n) is 13.3. The lowest BCUT2D eigenvalue weighted by molar-refractivity contribution is -0.160. The molecule has 2 saturated heterocycles. The predicted octanol–water partition coefficient (Wildman–Crippen LogP) is 5.04. The van der Waals surface area contributed by atoms with E-state index in [1.54, 1.807) is 4.90 Å². The van der Waals surface area contributed by atoms with Crippen LogP contribution in [0, 0.1) is 29.1 Å². The molecule has 2 aliphatic carbocycles. The monoisotopic (exact) mass is 538 g/mol. The van der Waals surface area contributed by atoms with Crippen molar-refractivity contribution in [3.8, 4) is 0 Å². The van der Waals surface area contributed by atoms with Crippen LogP contribution in [0.2, 0.25) is 0 Å². The maximum Gasteiger partial charge on any atom is 0.242 e. The molecule has 5 rings (SSSR count). The van der Waals surface area contributed by atoms with Gasteiger partial charge in [0.1, 0.15) is 0 Å². The fourth-order valence-corrected chi connectivity index (χ4v) is 8.51. The van der Waals surface area contributed by atoms with Crippen LogP contribution in [0.5, 0.6) is 0 Å². The second-order valence-corrected chi connectivity index (χ2v) is 13.3. The molecule has 1 spiro atoms. The number of morpholine rings is 1. The number of carbonyl (C=O) groups is 2. The normalized spacial score (nSPS) is 34.7. The lowest BCUT2D eigenvalue weighted by Crippen LogP contribution is -2.60. The molecule has 0 radical (unpaired) electrons. The highest BCUT2D eigenvalue weighted by molar-refractivity contribution is 5.86. The Balaban J connectivity index is 1.38. The zero-order valence-electron chi connectivity index (χ0n) is 24.4. The highest BCUT2D eigenvalue weighted by atomic mass is 16.5. The summed E-state index contributed by atoms with van der Waals surface area (Å²) in [4.78, 5) is 30.8. The van der Waals surface area contributed by atoms with Crippen LogP contribution in [-0.2, 0) is 19.7 Å². The molecule has 216 valence electrons. The zero-order valence-corrected chi connectivity index (χ0v) is 24.4. The first-order chi connectivity index (χ1) is 18.8. The van der Waals surface area contributed by atoms with E-state index in [9.17, 15) is 14.7 Å². The molecule has 4 atom stereocenters. The fourth-order valence-electron chi connectivity index (χ4n) is 8.51. The number of aliphatic hydroxyl groups excluding tert-OH is 1. The van der Waals surface area contributed by atoms with Crippen molar-refractivity contribution in [1.82, 2.24) is 9.80 Å². The molecule has 6 nitrogen and oxygen atoms in total. The third-order valence-corrected chi connectivity index (χ3v) is 11.5. The van der Waals surface area contributed by atoms with E-state index in [0.717, 1.165) is 44.4 Å². The minimum Gasteiger partial charge on any atom is -0.394 e. The van der Waals surface area contributed by atoms with E-state index in [4.69, 9.17) is 4.74 Å². The van der Waals surface area contributed by atoms with Gasteiger partial charge in [-0.15, -0.1) is 0 Å². The first kappa shape index (κ1) is 28.6. The standard InChI is InChI=1S/C33H50N2O4/c1-4-24(2)33(27-11-6-5-7-12-27)15-13-32(14-16-33)23-35(21-30(37)34-17-18-39-28(20-34)22-36)31(38)25(3)29(32)19-26-9-8-10-26/h5-7,11-12,24-26,28-29,36H,4,8-10,13-23H2,1-3H3. The number of piperidine rings is 1. The average Bonchev–Trinajstić information content (AvgIpc) is 2.95. The van der Waals surface area contributed by atoms with Crippen molar-refractivity contribution in [3.05, 3.63) is 35.9 Å². The summed E-state index contributed by atoms with van der Waals surface area (Å²) < 4.78 is 5.55. The third-order valence-electron chi connectivity index (χ3n) is 11.5. The Morgan fingerprint density at radius 1 is 1.15 bits per heavy atom. The molecule has 0 bridgehead atoms. The van der Waals surface area contributed by atoms with Gasteiger partial charge in [-0.25, -0.2) is 0 Å². The molecule has 4 fully saturated rings. The van der Waals surface area contributed by atoms with Gasteiger partial charge in [0.15, 0.2) is 0 Å². The maximum atomic E-state index is 13.8. The van der Waals surface area contributed by atoms with Gasteiger partial charge in [-0.2, -0.15) is 0 Å². The summed E-state index contributed by atoms with van der Waals surface area (Å²) in [7, 11) is 0. The lowest BCUT2D eigenvalue weighted by atomic mass is 9.50. The molecule has 2 amide bonds. The van der Waals surface area contributed by atoms with Crippen molar-refractivity contribution < 1.29 is 19.4 Å². The number of carbonyl (C=O) groups excluding carboxylic acids is 2. The Hall–Kier alpha value is -1.92. The summed E-state index contributed by atoms with van der Waals surface area (Å²) in [6.07, 6.45) is 10.5. The van der Waals surface area contributed by atoms with Gasteiger partial charge in [0.05, 0.1) is 25.9 Å². The van der Waals surface area contributed by atoms with E-state index in [1.807, 2.05) is 4.90 Å². The number of amides is 2. The molecule has 2 saturated carbocycles. The molecule has 2 heterocycles. The van der Waals surface area contributed by atoms with Gasteiger partial charge in [0, 0.05) is 25.6 Å². The van der Waals surface area contributed by atoms with E-state index in [0.29, 0.717) is 38.1 Å². The quantitative estimate of drug-likeness (QED) is 0.504. The van der Waals surface area contributed by atoms with Crippen molar-refractivity contribution in [2.75, 3.05) is 39.4 Å². The Kier molecular flexibility index (Phi) is 8.73. The highest BCUT2D eigenvalue weighted by Gasteiger charge is 2.55. The van der Waals surface area contributed by atoms with Gasteiger partial charge in [-0.3, -0.25) is 9.59 Å². The summed E-state index contributed by atoms with van der Waals surface area (Å²) in [5.41, 5.74) is 1.73. The van der Waals surface area contributed by atoms with E-state index < -0.39 is 0 Å². The van der Waals surface area contributed by atoms with Crippen LogP contribution in [0.15, 0.2) is 30.3 Å². The molecule has 4 unspecified atom stereocenters. The minimum atomic E-state index is -0.332. The Labute approximate surface area is 235 Å². The van der Waals surface area contributed by atoms with E-state index in [-0.39, 0.29) is 47.8 Å². The first-order valence-corrected chi connectivity index (χ1v) is 15.7. The zero-order chi connectivity index (χ0) is 27.6. The molecule has 6 heteroatoms. The van der Waals surface area contributed by atoms with E-state index in [2.05, 4.69) is 51.1 Å². The number of hydrogen-bond acceptors (Lipinski definition) is 4. The van der Waals surface area contributed by atoms with Gasteiger partial charge < -0.3 is 19.6 Å². The summed E-state index contributed by atoms with van der Waals surface area (Å²) >= 11 is 0. The van der Waals surface area contributed by atoms with Gasteiger partial charge >= 0.3 is 0 Å². The molecule has 1 aromatic rings. The number of nitrogens with zero attached hydrogens (tertiary/aromatic N) is 2. The topological polar surface area (TPSA) is 70.1 Å². The van der Waals surface area contributed by atoms with E-state index >= 15 is 0 Å². The van der Waals surface area contributed by atoms with Crippen molar-refractivity contribution in [1.29, 1.82) is 0 Å². The first-order valence-electron chi connectivity index (χ1n) is 15.7. The van der Waals surface area contributed by atoms with Gasteiger partial charge in [0.2, 0.25) is 11.8 Å². The molecular formula is C33H50N2O4. The van der Waals surface area contributed by atoms with Crippen molar-refractivity contribution >= 4 is 11.8 Å². The number of benzene rings is 1. The number of aliphatic hydroxyl groups is 1. The van der Waals surface area contributed by atoms with Gasteiger partial charge in [-0.05, 0) is 66.3 Å². The van der Waals surface area contributed by atoms with Crippen LogP contribution >= 0.6 is 0 Å². The number of hydrogen-bond donors (Lipinski definition) is 1.